The summed E-state index contributed by atoms with van der Waals surface area (Å²) in [6.07, 6.45) is 4.95. The average molecular weight is 257 g/mol. The SMILES string of the molecule is CCCCCCN(CC)C(C(=O)OCC)C(C)C. The van der Waals surface area contributed by atoms with Crippen molar-refractivity contribution >= 4 is 5.97 Å². The van der Waals surface area contributed by atoms with Crippen LogP contribution in [0.25, 0.3) is 0 Å². The molecule has 3 heteroatoms. The van der Waals surface area contributed by atoms with E-state index in [-0.39, 0.29) is 12.0 Å². The number of likely N-dealkylation sites (N-methyl/N-ethyl adjacent to an activating group) is 1. The van der Waals surface area contributed by atoms with Gasteiger partial charge in [0.1, 0.15) is 6.04 Å². The zero-order valence-corrected chi connectivity index (χ0v) is 12.9. The second kappa shape index (κ2) is 10.4. The monoisotopic (exact) mass is 257 g/mol. The largest absolute Gasteiger partial charge is 0.465 e. The van der Waals surface area contributed by atoms with E-state index in [9.17, 15) is 4.79 Å². The van der Waals surface area contributed by atoms with Gasteiger partial charge in [0.05, 0.1) is 6.61 Å². The minimum atomic E-state index is -0.0865. The quantitative estimate of drug-likeness (QED) is 0.443. The van der Waals surface area contributed by atoms with Gasteiger partial charge in [0.2, 0.25) is 0 Å². The summed E-state index contributed by atoms with van der Waals surface area (Å²) in [5, 5.41) is 0. The van der Waals surface area contributed by atoms with E-state index in [1.54, 1.807) is 0 Å². The van der Waals surface area contributed by atoms with Crippen LogP contribution in [0.4, 0.5) is 0 Å². The summed E-state index contributed by atoms with van der Waals surface area (Å²) < 4.78 is 5.19. The first-order chi connectivity index (χ1) is 8.58. The molecule has 0 rings (SSSR count). The Morgan fingerprint density at radius 3 is 2.22 bits per heavy atom. The molecule has 0 aromatic heterocycles. The van der Waals surface area contributed by atoms with Crippen molar-refractivity contribution < 1.29 is 9.53 Å². The average Bonchev–Trinajstić information content (AvgIpc) is 2.32. The van der Waals surface area contributed by atoms with Crippen LogP contribution in [0.5, 0.6) is 0 Å². The molecule has 1 unspecified atom stereocenters. The van der Waals surface area contributed by atoms with Crippen LogP contribution in [0.15, 0.2) is 0 Å². The lowest BCUT2D eigenvalue weighted by Gasteiger charge is -2.31. The Balaban J connectivity index is 4.38. The molecule has 0 aromatic rings. The molecule has 0 heterocycles. The molecule has 0 aliphatic rings. The van der Waals surface area contributed by atoms with Gasteiger partial charge in [0.15, 0.2) is 0 Å². The number of hydrogen-bond donors (Lipinski definition) is 0. The summed E-state index contributed by atoms with van der Waals surface area (Å²) in [7, 11) is 0. The molecule has 0 amide bonds. The lowest BCUT2D eigenvalue weighted by molar-refractivity contribution is -0.151. The van der Waals surface area contributed by atoms with Crippen molar-refractivity contribution in [3.8, 4) is 0 Å². The third-order valence-electron chi connectivity index (χ3n) is 3.26. The third kappa shape index (κ3) is 6.39. The maximum Gasteiger partial charge on any atom is 0.323 e. The van der Waals surface area contributed by atoms with Crippen molar-refractivity contribution in [2.24, 2.45) is 5.92 Å². The predicted octanol–water partition coefficient (Wildman–Crippen LogP) is 3.48. The van der Waals surface area contributed by atoms with Gasteiger partial charge in [0.25, 0.3) is 0 Å². The van der Waals surface area contributed by atoms with E-state index in [0.29, 0.717) is 12.5 Å². The maximum atomic E-state index is 12.0. The van der Waals surface area contributed by atoms with Gasteiger partial charge in [-0.1, -0.05) is 47.0 Å². The first-order valence-electron chi connectivity index (χ1n) is 7.49. The van der Waals surface area contributed by atoms with Gasteiger partial charge in [-0.3, -0.25) is 9.69 Å². The molecule has 0 aromatic carbocycles. The van der Waals surface area contributed by atoms with Gasteiger partial charge in [0, 0.05) is 0 Å². The molecule has 0 fully saturated rings. The van der Waals surface area contributed by atoms with Gasteiger partial charge < -0.3 is 4.74 Å². The molecule has 0 N–H and O–H groups in total. The van der Waals surface area contributed by atoms with Crippen LogP contribution >= 0.6 is 0 Å². The fourth-order valence-electron chi connectivity index (χ4n) is 2.31. The Morgan fingerprint density at radius 1 is 1.11 bits per heavy atom. The van der Waals surface area contributed by atoms with Crippen LogP contribution in [0.3, 0.4) is 0 Å². The Hall–Kier alpha value is -0.570. The topological polar surface area (TPSA) is 29.5 Å². The highest BCUT2D eigenvalue weighted by Gasteiger charge is 2.28. The number of esters is 1. The second-order valence-corrected chi connectivity index (χ2v) is 5.13. The summed E-state index contributed by atoms with van der Waals surface area (Å²) in [6, 6.07) is -0.0865. The molecular weight excluding hydrogens is 226 g/mol. The number of hydrogen-bond acceptors (Lipinski definition) is 3. The fourth-order valence-corrected chi connectivity index (χ4v) is 2.31. The summed E-state index contributed by atoms with van der Waals surface area (Å²) in [4.78, 5) is 14.3. The summed E-state index contributed by atoms with van der Waals surface area (Å²) in [6.45, 7) is 12.8. The molecule has 0 aliphatic heterocycles. The second-order valence-electron chi connectivity index (χ2n) is 5.13. The van der Waals surface area contributed by atoms with Crippen LogP contribution in [0.2, 0.25) is 0 Å². The molecule has 0 saturated carbocycles. The van der Waals surface area contributed by atoms with E-state index in [1.165, 1.54) is 25.7 Å². The van der Waals surface area contributed by atoms with Crippen molar-refractivity contribution in [1.82, 2.24) is 4.90 Å². The van der Waals surface area contributed by atoms with E-state index >= 15 is 0 Å². The lowest BCUT2D eigenvalue weighted by Crippen LogP contribution is -2.46. The minimum absolute atomic E-state index is 0.0650. The van der Waals surface area contributed by atoms with E-state index in [4.69, 9.17) is 4.74 Å². The van der Waals surface area contributed by atoms with Crippen molar-refractivity contribution in [2.75, 3.05) is 19.7 Å². The van der Waals surface area contributed by atoms with Crippen LogP contribution in [0.1, 0.15) is 60.3 Å². The van der Waals surface area contributed by atoms with E-state index in [0.717, 1.165) is 13.1 Å². The van der Waals surface area contributed by atoms with Crippen molar-refractivity contribution in [3.05, 3.63) is 0 Å². The van der Waals surface area contributed by atoms with Crippen LogP contribution in [-0.2, 0) is 9.53 Å². The number of carbonyl (C=O) groups is 1. The highest BCUT2D eigenvalue weighted by Crippen LogP contribution is 2.14. The van der Waals surface area contributed by atoms with Crippen molar-refractivity contribution in [1.29, 1.82) is 0 Å². The zero-order chi connectivity index (χ0) is 14.0. The maximum absolute atomic E-state index is 12.0. The van der Waals surface area contributed by atoms with Crippen molar-refractivity contribution in [3.63, 3.8) is 0 Å². The first kappa shape index (κ1) is 17.4. The Morgan fingerprint density at radius 2 is 1.78 bits per heavy atom. The van der Waals surface area contributed by atoms with Gasteiger partial charge in [-0.2, -0.15) is 0 Å². The zero-order valence-electron chi connectivity index (χ0n) is 12.9. The standard InChI is InChI=1S/C15H31NO2/c1-6-9-10-11-12-16(7-2)14(13(4)5)15(17)18-8-3/h13-14H,6-12H2,1-5H3. The molecular formula is C15H31NO2. The smallest absolute Gasteiger partial charge is 0.323 e. The molecule has 0 radical (unpaired) electrons. The molecule has 1 atom stereocenters. The normalized spacial score (nSPS) is 13.1. The molecule has 3 nitrogen and oxygen atoms in total. The number of nitrogens with zero attached hydrogens (tertiary/aromatic N) is 1. The molecule has 108 valence electrons. The summed E-state index contributed by atoms with van der Waals surface area (Å²) >= 11 is 0. The van der Waals surface area contributed by atoms with Crippen LogP contribution in [0, 0.1) is 5.92 Å². The van der Waals surface area contributed by atoms with E-state index in [1.807, 2.05) is 6.92 Å². The van der Waals surface area contributed by atoms with E-state index < -0.39 is 0 Å². The molecule has 0 spiro atoms. The third-order valence-corrected chi connectivity index (χ3v) is 3.26. The Labute approximate surface area is 113 Å². The molecule has 0 saturated heterocycles. The minimum Gasteiger partial charge on any atom is -0.465 e. The number of rotatable bonds is 10. The fraction of sp³-hybridized carbons (Fsp3) is 0.933. The number of carbonyl (C=O) groups excluding carboxylic acids is 1. The number of ether oxygens (including phenoxy) is 1. The Bertz CT molecular complexity index is 217. The summed E-state index contributed by atoms with van der Waals surface area (Å²) in [5.41, 5.74) is 0. The Kier molecular flexibility index (Phi) is 10.0. The van der Waals surface area contributed by atoms with Crippen molar-refractivity contribution in [2.45, 2.75) is 66.3 Å². The van der Waals surface area contributed by atoms with Gasteiger partial charge in [-0.05, 0) is 32.4 Å². The molecule has 0 bridgehead atoms. The van der Waals surface area contributed by atoms with Gasteiger partial charge >= 0.3 is 5.97 Å². The first-order valence-corrected chi connectivity index (χ1v) is 7.49. The van der Waals surface area contributed by atoms with E-state index in [2.05, 4.69) is 32.6 Å². The summed E-state index contributed by atoms with van der Waals surface area (Å²) in [5.74, 6) is 0.236. The predicted molar refractivity (Wildman–Crippen MR) is 76.6 cm³/mol. The molecule has 0 aliphatic carbocycles. The highest BCUT2D eigenvalue weighted by atomic mass is 16.5. The van der Waals surface area contributed by atoms with Gasteiger partial charge in [-0.25, -0.2) is 0 Å². The van der Waals surface area contributed by atoms with Gasteiger partial charge in [-0.15, -0.1) is 0 Å². The highest BCUT2D eigenvalue weighted by molar-refractivity contribution is 5.76. The lowest BCUT2D eigenvalue weighted by atomic mass is 10.0. The van der Waals surface area contributed by atoms with Crippen LogP contribution < -0.4 is 0 Å². The van der Waals surface area contributed by atoms with Crippen LogP contribution in [-0.4, -0.2) is 36.6 Å². The molecule has 18 heavy (non-hydrogen) atoms. The number of unbranched alkanes of at least 4 members (excludes halogenated alkanes) is 3.